The molecule has 0 aliphatic carbocycles. The summed E-state index contributed by atoms with van der Waals surface area (Å²) in [6.07, 6.45) is 1.77. The van der Waals surface area contributed by atoms with E-state index in [0.29, 0.717) is 29.4 Å². The largest absolute Gasteiger partial charge is 0.494 e. The van der Waals surface area contributed by atoms with Crippen LogP contribution in [0.1, 0.15) is 28.4 Å². The van der Waals surface area contributed by atoms with Gasteiger partial charge in [-0.15, -0.1) is 0 Å². The Bertz CT molecular complexity index is 712. The summed E-state index contributed by atoms with van der Waals surface area (Å²) < 4.78 is 11.1. The SMILES string of the molecule is CCOc1ccc2c(c1)OC(=Cc1ccc(C)cc1)C2=O. The fraction of sp³-hybridized carbons (Fsp3) is 0.167. The molecule has 0 bridgehead atoms. The van der Waals surface area contributed by atoms with Crippen LogP contribution in [0.2, 0.25) is 0 Å². The molecule has 0 saturated carbocycles. The first-order valence-corrected chi connectivity index (χ1v) is 6.95. The first kappa shape index (κ1) is 13.4. The van der Waals surface area contributed by atoms with E-state index >= 15 is 0 Å². The fourth-order valence-corrected chi connectivity index (χ4v) is 2.24. The van der Waals surface area contributed by atoms with E-state index in [2.05, 4.69) is 0 Å². The van der Waals surface area contributed by atoms with Crippen molar-refractivity contribution in [3.05, 3.63) is 64.9 Å². The lowest BCUT2D eigenvalue weighted by molar-refractivity contribution is 0.101. The molecule has 3 heteroatoms. The quantitative estimate of drug-likeness (QED) is 0.797. The number of allylic oxidation sites excluding steroid dienone is 1. The maximum Gasteiger partial charge on any atom is 0.231 e. The molecule has 2 aromatic carbocycles. The molecule has 0 spiro atoms. The molecule has 1 aliphatic rings. The molecule has 0 saturated heterocycles. The highest BCUT2D eigenvalue weighted by molar-refractivity contribution is 6.14. The summed E-state index contributed by atoms with van der Waals surface area (Å²) in [7, 11) is 0. The Balaban J connectivity index is 1.90. The molecular weight excluding hydrogens is 264 g/mol. The minimum Gasteiger partial charge on any atom is -0.494 e. The number of ketones is 1. The van der Waals surface area contributed by atoms with Crippen LogP contribution in [-0.2, 0) is 0 Å². The molecule has 0 aromatic heterocycles. The summed E-state index contributed by atoms with van der Waals surface area (Å²) in [5.41, 5.74) is 2.71. The number of aryl methyl sites for hydroxylation is 1. The van der Waals surface area contributed by atoms with E-state index in [1.807, 2.05) is 38.1 Å². The van der Waals surface area contributed by atoms with Crippen molar-refractivity contribution in [1.82, 2.24) is 0 Å². The normalized spacial score (nSPS) is 15.0. The van der Waals surface area contributed by atoms with Crippen molar-refractivity contribution in [2.45, 2.75) is 13.8 Å². The van der Waals surface area contributed by atoms with Gasteiger partial charge in [0.1, 0.15) is 11.5 Å². The van der Waals surface area contributed by atoms with Crippen LogP contribution in [-0.4, -0.2) is 12.4 Å². The van der Waals surface area contributed by atoms with Crippen molar-refractivity contribution >= 4 is 11.9 Å². The fourth-order valence-electron chi connectivity index (χ4n) is 2.24. The van der Waals surface area contributed by atoms with Gasteiger partial charge in [0.2, 0.25) is 5.78 Å². The molecule has 0 unspecified atom stereocenters. The Morgan fingerprint density at radius 1 is 1.14 bits per heavy atom. The summed E-state index contributed by atoms with van der Waals surface area (Å²) >= 11 is 0. The van der Waals surface area contributed by atoms with Crippen LogP contribution in [0, 0.1) is 6.92 Å². The number of rotatable bonds is 3. The van der Waals surface area contributed by atoms with Gasteiger partial charge in [-0.2, -0.15) is 0 Å². The smallest absolute Gasteiger partial charge is 0.231 e. The van der Waals surface area contributed by atoms with E-state index in [1.54, 1.807) is 24.3 Å². The number of benzene rings is 2. The van der Waals surface area contributed by atoms with Crippen LogP contribution in [0.15, 0.2) is 48.2 Å². The Morgan fingerprint density at radius 3 is 2.62 bits per heavy atom. The van der Waals surface area contributed by atoms with Gasteiger partial charge in [0.25, 0.3) is 0 Å². The van der Waals surface area contributed by atoms with Crippen LogP contribution in [0.5, 0.6) is 11.5 Å². The van der Waals surface area contributed by atoms with Crippen LogP contribution >= 0.6 is 0 Å². The minimum absolute atomic E-state index is 0.0892. The van der Waals surface area contributed by atoms with E-state index in [4.69, 9.17) is 9.47 Å². The molecule has 1 heterocycles. The van der Waals surface area contributed by atoms with Gasteiger partial charge in [-0.05, 0) is 37.6 Å². The summed E-state index contributed by atoms with van der Waals surface area (Å²) in [5, 5.41) is 0. The Morgan fingerprint density at radius 2 is 1.90 bits per heavy atom. The summed E-state index contributed by atoms with van der Waals surface area (Å²) in [6.45, 7) is 4.53. The van der Waals surface area contributed by atoms with E-state index in [9.17, 15) is 4.79 Å². The third kappa shape index (κ3) is 2.68. The second kappa shape index (κ2) is 5.44. The lowest BCUT2D eigenvalue weighted by Gasteiger charge is -2.03. The maximum atomic E-state index is 12.3. The number of fused-ring (bicyclic) bond motifs is 1. The Kier molecular flexibility index (Phi) is 3.48. The first-order chi connectivity index (χ1) is 10.2. The second-order valence-corrected chi connectivity index (χ2v) is 4.94. The highest BCUT2D eigenvalue weighted by atomic mass is 16.5. The van der Waals surface area contributed by atoms with Gasteiger partial charge in [0, 0.05) is 6.07 Å². The number of carbonyl (C=O) groups is 1. The topological polar surface area (TPSA) is 35.5 Å². The highest BCUT2D eigenvalue weighted by Gasteiger charge is 2.27. The Labute approximate surface area is 123 Å². The van der Waals surface area contributed by atoms with Crippen molar-refractivity contribution in [3.63, 3.8) is 0 Å². The number of ether oxygens (including phenoxy) is 2. The third-order valence-corrected chi connectivity index (χ3v) is 3.33. The second-order valence-electron chi connectivity index (χ2n) is 4.94. The number of hydrogen-bond acceptors (Lipinski definition) is 3. The van der Waals surface area contributed by atoms with Gasteiger partial charge < -0.3 is 9.47 Å². The predicted molar refractivity (Wildman–Crippen MR) is 81.7 cm³/mol. The van der Waals surface area contributed by atoms with Gasteiger partial charge in [-0.1, -0.05) is 29.8 Å². The minimum atomic E-state index is -0.0892. The molecule has 0 fully saturated rings. The third-order valence-electron chi connectivity index (χ3n) is 3.33. The van der Waals surface area contributed by atoms with Gasteiger partial charge in [-0.25, -0.2) is 0 Å². The molecule has 0 amide bonds. The molecule has 3 nitrogen and oxygen atoms in total. The maximum absolute atomic E-state index is 12.3. The van der Waals surface area contributed by atoms with Gasteiger partial charge in [0.05, 0.1) is 12.2 Å². The van der Waals surface area contributed by atoms with Crippen LogP contribution in [0.3, 0.4) is 0 Å². The number of hydrogen-bond donors (Lipinski definition) is 0. The average Bonchev–Trinajstić information content (AvgIpc) is 2.78. The monoisotopic (exact) mass is 280 g/mol. The zero-order valence-corrected chi connectivity index (χ0v) is 12.1. The van der Waals surface area contributed by atoms with E-state index in [-0.39, 0.29) is 5.78 Å². The van der Waals surface area contributed by atoms with Crippen molar-refractivity contribution < 1.29 is 14.3 Å². The van der Waals surface area contributed by atoms with Gasteiger partial charge in [0.15, 0.2) is 5.76 Å². The number of carbonyl (C=O) groups excluding carboxylic acids is 1. The van der Waals surface area contributed by atoms with Crippen LogP contribution < -0.4 is 9.47 Å². The molecule has 2 aromatic rings. The van der Waals surface area contributed by atoms with Gasteiger partial charge >= 0.3 is 0 Å². The summed E-state index contributed by atoms with van der Waals surface area (Å²) in [5.74, 6) is 1.53. The zero-order chi connectivity index (χ0) is 14.8. The molecule has 0 radical (unpaired) electrons. The zero-order valence-electron chi connectivity index (χ0n) is 12.1. The van der Waals surface area contributed by atoms with E-state index < -0.39 is 0 Å². The predicted octanol–water partition coefficient (Wildman–Crippen LogP) is 4.01. The van der Waals surface area contributed by atoms with Crippen molar-refractivity contribution in [2.75, 3.05) is 6.61 Å². The first-order valence-electron chi connectivity index (χ1n) is 6.95. The van der Waals surface area contributed by atoms with Crippen LogP contribution in [0.4, 0.5) is 0 Å². The molecule has 0 atom stereocenters. The van der Waals surface area contributed by atoms with Crippen LogP contribution in [0.25, 0.3) is 6.08 Å². The lowest BCUT2D eigenvalue weighted by Crippen LogP contribution is -1.97. The van der Waals surface area contributed by atoms with Crippen molar-refractivity contribution in [1.29, 1.82) is 0 Å². The van der Waals surface area contributed by atoms with E-state index in [0.717, 1.165) is 5.56 Å². The van der Waals surface area contributed by atoms with E-state index in [1.165, 1.54) is 5.56 Å². The molecular formula is C18H16O3. The molecule has 21 heavy (non-hydrogen) atoms. The molecule has 3 rings (SSSR count). The Hall–Kier alpha value is -2.55. The lowest BCUT2D eigenvalue weighted by atomic mass is 10.1. The molecule has 0 N–H and O–H groups in total. The summed E-state index contributed by atoms with van der Waals surface area (Å²) in [6, 6.07) is 13.2. The molecule has 1 aliphatic heterocycles. The highest BCUT2D eigenvalue weighted by Crippen LogP contribution is 2.34. The van der Waals surface area contributed by atoms with Crippen molar-refractivity contribution in [2.24, 2.45) is 0 Å². The standard InChI is InChI=1S/C18H16O3/c1-3-20-14-8-9-15-16(11-14)21-17(18(15)19)10-13-6-4-12(2)5-7-13/h4-11H,3H2,1-2H3. The average molecular weight is 280 g/mol. The summed E-state index contributed by atoms with van der Waals surface area (Å²) in [4.78, 5) is 12.3. The van der Waals surface area contributed by atoms with Gasteiger partial charge in [-0.3, -0.25) is 4.79 Å². The molecule has 106 valence electrons. The number of Topliss-reactive ketones (excluding diaryl/α,β-unsaturated/α-hetero) is 1. The van der Waals surface area contributed by atoms with Crippen molar-refractivity contribution in [3.8, 4) is 11.5 Å².